The Morgan fingerprint density at radius 3 is 2.32 bits per heavy atom. The second-order valence-corrected chi connectivity index (χ2v) is 7.12. The van der Waals surface area contributed by atoms with Crippen molar-refractivity contribution in [1.29, 1.82) is 0 Å². The Labute approximate surface area is 131 Å². The molecule has 1 saturated carbocycles. The number of hydrogen-bond acceptors (Lipinski definition) is 2. The minimum atomic E-state index is -4.52. The lowest BCUT2D eigenvalue weighted by Gasteiger charge is -2.20. The van der Waals surface area contributed by atoms with Crippen LogP contribution in [0.4, 0.5) is 13.2 Å². The van der Waals surface area contributed by atoms with E-state index in [2.05, 4.69) is 4.99 Å². The Balaban J connectivity index is 2.14. The molecule has 22 heavy (non-hydrogen) atoms. The first-order valence-corrected chi connectivity index (χ1v) is 8.77. The SMILES string of the molecule is Cc1ccc([S@@](=O)CC(=NC2CCCCC2)C(F)(F)F)cc1. The second kappa shape index (κ2) is 7.40. The van der Waals surface area contributed by atoms with Gasteiger partial charge in [-0.2, -0.15) is 13.2 Å². The van der Waals surface area contributed by atoms with Crippen molar-refractivity contribution < 1.29 is 17.4 Å². The van der Waals surface area contributed by atoms with E-state index >= 15 is 0 Å². The van der Waals surface area contributed by atoms with Crippen molar-refractivity contribution in [2.75, 3.05) is 5.75 Å². The summed E-state index contributed by atoms with van der Waals surface area (Å²) in [6.45, 7) is 1.87. The van der Waals surface area contributed by atoms with Crippen molar-refractivity contribution >= 4 is 16.5 Å². The molecule has 0 heterocycles. The van der Waals surface area contributed by atoms with Crippen LogP contribution >= 0.6 is 0 Å². The molecular weight excluding hydrogens is 311 g/mol. The van der Waals surface area contributed by atoms with Crippen molar-refractivity contribution in [3.8, 4) is 0 Å². The van der Waals surface area contributed by atoms with E-state index in [1.165, 1.54) is 0 Å². The number of nitrogens with zero attached hydrogens (tertiary/aromatic N) is 1. The van der Waals surface area contributed by atoms with Crippen LogP contribution in [0.3, 0.4) is 0 Å². The van der Waals surface area contributed by atoms with Gasteiger partial charge in [-0.25, -0.2) is 0 Å². The number of rotatable bonds is 4. The van der Waals surface area contributed by atoms with Gasteiger partial charge in [0.15, 0.2) is 0 Å². The number of aliphatic imine (C=N–C) groups is 1. The number of hydrogen-bond donors (Lipinski definition) is 0. The molecule has 2 rings (SSSR count). The third-order valence-corrected chi connectivity index (χ3v) is 5.13. The van der Waals surface area contributed by atoms with E-state index in [1.54, 1.807) is 24.3 Å². The summed E-state index contributed by atoms with van der Waals surface area (Å²) < 4.78 is 51.6. The summed E-state index contributed by atoms with van der Waals surface area (Å²) in [5.74, 6) is -0.566. The Bertz CT molecular complexity index is 546. The van der Waals surface area contributed by atoms with Gasteiger partial charge in [0.25, 0.3) is 0 Å². The van der Waals surface area contributed by atoms with Crippen LogP contribution in [0.25, 0.3) is 0 Å². The number of benzene rings is 1. The Morgan fingerprint density at radius 2 is 1.77 bits per heavy atom. The first kappa shape index (κ1) is 17.2. The molecule has 6 heteroatoms. The minimum absolute atomic E-state index is 0.277. The van der Waals surface area contributed by atoms with Crippen molar-refractivity contribution in [2.24, 2.45) is 4.99 Å². The van der Waals surface area contributed by atoms with E-state index in [0.717, 1.165) is 24.8 Å². The minimum Gasteiger partial charge on any atom is -0.281 e. The molecule has 0 amide bonds. The van der Waals surface area contributed by atoms with Crippen LogP contribution < -0.4 is 0 Å². The van der Waals surface area contributed by atoms with Gasteiger partial charge in [0, 0.05) is 4.90 Å². The summed E-state index contributed by atoms with van der Waals surface area (Å²) in [7, 11) is -1.72. The third-order valence-electron chi connectivity index (χ3n) is 3.79. The van der Waals surface area contributed by atoms with E-state index in [-0.39, 0.29) is 6.04 Å². The molecule has 0 bridgehead atoms. The Kier molecular flexibility index (Phi) is 5.78. The molecule has 1 atom stereocenters. The molecule has 0 unspecified atom stereocenters. The molecule has 1 aliphatic rings. The fourth-order valence-electron chi connectivity index (χ4n) is 2.52. The summed E-state index contributed by atoms with van der Waals surface area (Å²) in [6.07, 6.45) is -0.241. The normalized spacial score (nSPS) is 19.2. The highest BCUT2D eigenvalue weighted by molar-refractivity contribution is 7.85. The molecule has 0 aliphatic heterocycles. The van der Waals surface area contributed by atoms with Gasteiger partial charge in [-0.15, -0.1) is 0 Å². The van der Waals surface area contributed by atoms with E-state index < -0.39 is 28.4 Å². The lowest BCUT2D eigenvalue weighted by molar-refractivity contribution is -0.0594. The van der Waals surface area contributed by atoms with Crippen molar-refractivity contribution in [3.63, 3.8) is 0 Å². The van der Waals surface area contributed by atoms with Gasteiger partial charge in [0.1, 0.15) is 5.71 Å². The molecule has 0 radical (unpaired) electrons. The fraction of sp³-hybridized carbons (Fsp3) is 0.562. The molecule has 0 saturated heterocycles. The molecule has 0 aromatic heterocycles. The van der Waals surface area contributed by atoms with Gasteiger partial charge in [-0.1, -0.05) is 37.0 Å². The quantitative estimate of drug-likeness (QED) is 0.750. The van der Waals surface area contributed by atoms with Crippen molar-refractivity contribution in [2.45, 2.75) is 56.1 Å². The molecule has 2 nitrogen and oxygen atoms in total. The zero-order valence-electron chi connectivity index (χ0n) is 12.5. The van der Waals surface area contributed by atoms with Gasteiger partial charge in [0.05, 0.1) is 22.6 Å². The lowest BCUT2D eigenvalue weighted by atomic mass is 9.96. The van der Waals surface area contributed by atoms with Gasteiger partial charge in [-0.3, -0.25) is 9.20 Å². The van der Waals surface area contributed by atoms with E-state index in [9.17, 15) is 17.4 Å². The molecule has 0 spiro atoms. The molecule has 1 fully saturated rings. The second-order valence-electron chi connectivity index (χ2n) is 5.67. The molecule has 0 N–H and O–H groups in total. The van der Waals surface area contributed by atoms with E-state index in [4.69, 9.17) is 0 Å². The van der Waals surface area contributed by atoms with Crippen LogP contribution in [-0.2, 0) is 10.8 Å². The monoisotopic (exact) mass is 331 g/mol. The van der Waals surface area contributed by atoms with Crippen LogP contribution in [0.5, 0.6) is 0 Å². The summed E-state index contributed by atoms with van der Waals surface area (Å²) in [5.41, 5.74) is 0.0889. The van der Waals surface area contributed by atoms with Crippen LogP contribution in [0, 0.1) is 6.92 Å². The molecule has 1 aromatic carbocycles. The maximum atomic E-state index is 13.2. The molecular formula is C16H20F3NOS. The molecule has 122 valence electrons. The predicted octanol–water partition coefficient (Wildman–Crippen LogP) is 4.44. The Hall–Kier alpha value is -1.17. The fourth-order valence-corrected chi connectivity index (χ4v) is 3.61. The average Bonchev–Trinajstić information content (AvgIpc) is 2.47. The maximum absolute atomic E-state index is 13.2. The number of halogens is 3. The third kappa shape index (κ3) is 4.93. The lowest BCUT2D eigenvalue weighted by Crippen LogP contribution is -2.30. The number of alkyl halides is 3. The number of aryl methyl sites for hydroxylation is 1. The highest BCUT2D eigenvalue weighted by Crippen LogP contribution is 2.25. The van der Waals surface area contributed by atoms with Crippen LogP contribution in [-0.4, -0.2) is 27.9 Å². The maximum Gasteiger partial charge on any atom is 0.429 e. The topological polar surface area (TPSA) is 29.4 Å². The first-order chi connectivity index (χ1) is 10.4. The summed E-state index contributed by atoms with van der Waals surface area (Å²) >= 11 is 0. The predicted molar refractivity (Wildman–Crippen MR) is 82.8 cm³/mol. The zero-order chi connectivity index (χ0) is 16.2. The van der Waals surface area contributed by atoms with Crippen LogP contribution in [0.15, 0.2) is 34.2 Å². The van der Waals surface area contributed by atoms with Gasteiger partial charge >= 0.3 is 6.18 Å². The van der Waals surface area contributed by atoms with Crippen LogP contribution in [0.1, 0.15) is 37.7 Å². The van der Waals surface area contributed by atoms with Crippen LogP contribution in [0.2, 0.25) is 0 Å². The zero-order valence-corrected chi connectivity index (χ0v) is 13.3. The summed E-state index contributed by atoms with van der Waals surface area (Å²) in [5, 5.41) is 0. The van der Waals surface area contributed by atoms with Crippen molar-refractivity contribution in [1.82, 2.24) is 0 Å². The van der Waals surface area contributed by atoms with E-state index in [1.807, 2.05) is 6.92 Å². The van der Waals surface area contributed by atoms with Gasteiger partial charge < -0.3 is 0 Å². The highest BCUT2D eigenvalue weighted by Gasteiger charge is 2.37. The molecule has 1 aliphatic carbocycles. The van der Waals surface area contributed by atoms with Gasteiger partial charge in [-0.05, 0) is 31.9 Å². The smallest absolute Gasteiger partial charge is 0.281 e. The standard InChI is InChI=1S/C16H20F3NOS/c1-12-7-9-14(10-8-12)22(21)11-15(16(17,18)19)20-13-5-3-2-4-6-13/h7-10,13H,2-6,11H2,1H3/t22-/m0/s1. The van der Waals surface area contributed by atoms with E-state index in [0.29, 0.717) is 17.7 Å². The first-order valence-electron chi connectivity index (χ1n) is 7.45. The summed E-state index contributed by atoms with van der Waals surface area (Å²) in [4.78, 5) is 4.30. The largest absolute Gasteiger partial charge is 0.429 e. The van der Waals surface area contributed by atoms with Crippen molar-refractivity contribution in [3.05, 3.63) is 29.8 Å². The van der Waals surface area contributed by atoms with Gasteiger partial charge in [0.2, 0.25) is 0 Å². The average molecular weight is 331 g/mol. The molecule has 1 aromatic rings. The highest BCUT2D eigenvalue weighted by atomic mass is 32.2. The Morgan fingerprint density at radius 1 is 1.18 bits per heavy atom. The summed E-state index contributed by atoms with van der Waals surface area (Å²) in [6, 6.07) is 6.44.